The molecule has 0 aliphatic heterocycles. The van der Waals surface area contributed by atoms with Crippen molar-refractivity contribution >= 4 is 34.1 Å². The van der Waals surface area contributed by atoms with Crippen molar-refractivity contribution in [1.82, 2.24) is 10.3 Å². The van der Waals surface area contributed by atoms with Gasteiger partial charge in [0.15, 0.2) is 6.10 Å². The SMILES string of the molecule is CC(C)NC(=O)[C@@H](C)OC(=O)c1cc(-c2cccs2)nc2ccccc12. The van der Waals surface area contributed by atoms with Gasteiger partial charge in [-0.25, -0.2) is 9.78 Å². The van der Waals surface area contributed by atoms with Crippen molar-refractivity contribution in [2.45, 2.75) is 32.9 Å². The molecule has 0 aliphatic carbocycles. The highest BCUT2D eigenvalue weighted by molar-refractivity contribution is 7.13. The van der Waals surface area contributed by atoms with Crippen LogP contribution in [0.15, 0.2) is 47.8 Å². The summed E-state index contributed by atoms with van der Waals surface area (Å²) in [6.45, 7) is 5.28. The summed E-state index contributed by atoms with van der Waals surface area (Å²) in [6.07, 6.45) is -0.873. The summed E-state index contributed by atoms with van der Waals surface area (Å²) in [5.74, 6) is -0.849. The van der Waals surface area contributed by atoms with Gasteiger partial charge in [-0.2, -0.15) is 0 Å². The summed E-state index contributed by atoms with van der Waals surface area (Å²) in [6, 6.07) is 13.0. The standard InChI is InChI=1S/C20H20N2O3S/c1-12(2)21-19(23)13(3)25-20(24)15-11-17(18-9-6-10-26-18)22-16-8-5-4-7-14(15)16/h4-13H,1-3H3,(H,21,23)/t13-/m1/s1. The number of pyridine rings is 1. The fraction of sp³-hybridized carbons (Fsp3) is 0.250. The van der Waals surface area contributed by atoms with Crippen LogP contribution in [0, 0.1) is 0 Å². The van der Waals surface area contributed by atoms with Crippen LogP contribution in [0.3, 0.4) is 0 Å². The molecule has 0 fully saturated rings. The van der Waals surface area contributed by atoms with Crippen molar-refractivity contribution < 1.29 is 14.3 Å². The molecule has 0 spiro atoms. The topological polar surface area (TPSA) is 68.3 Å². The molecule has 0 unspecified atom stereocenters. The van der Waals surface area contributed by atoms with Crippen molar-refractivity contribution in [3.63, 3.8) is 0 Å². The van der Waals surface area contributed by atoms with Gasteiger partial charge >= 0.3 is 5.97 Å². The van der Waals surface area contributed by atoms with Gasteiger partial charge in [0, 0.05) is 11.4 Å². The minimum atomic E-state index is -0.873. The number of rotatable bonds is 5. The molecule has 3 aromatic rings. The number of amides is 1. The summed E-state index contributed by atoms with van der Waals surface area (Å²) in [4.78, 5) is 30.4. The summed E-state index contributed by atoms with van der Waals surface area (Å²) in [5, 5.41) is 5.41. The Kier molecular flexibility index (Phi) is 5.32. The van der Waals surface area contributed by atoms with Crippen LogP contribution < -0.4 is 5.32 Å². The second-order valence-electron chi connectivity index (χ2n) is 6.26. The third kappa shape index (κ3) is 3.91. The molecular formula is C20H20N2O3S. The van der Waals surface area contributed by atoms with Gasteiger partial charge in [0.1, 0.15) is 0 Å². The zero-order valence-electron chi connectivity index (χ0n) is 14.9. The van der Waals surface area contributed by atoms with E-state index in [1.165, 1.54) is 0 Å². The van der Waals surface area contributed by atoms with Crippen molar-refractivity contribution in [3.05, 3.63) is 53.4 Å². The van der Waals surface area contributed by atoms with Gasteiger partial charge in [-0.15, -0.1) is 11.3 Å². The first-order valence-electron chi connectivity index (χ1n) is 8.40. The van der Waals surface area contributed by atoms with Gasteiger partial charge in [-0.3, -0.25) is 4.79 Å². The third-order valence-corrected chi connectivity index (χ3v) is 4.69. The van der Waals surface area contributed by atoms with Gasteiger partial charge in [-0.05, 0) is 44.4 Å². The number of hydrogen-bond donors (Lipinski definition) is 1. The number of benzene rings is 1. The Balaban J connectivity index is 1.95. The largest absolute Gasteiger partial charge is 0.449 e. The van der Waals surface area contributed by atoms with E-state index in [9.17, 15) is 9.59 Å². The Hall–Kier alpha value is -2.73. The molecule has 1 amide bonds. The zero-order valence-corrected chi connectivity index (χ0v) is 15.7. The van der Waals surface area contributed by atoms with Gasteiger partial charge in [0.05, 0.1) is 21.7 Å². The highest BCUT2D eigenvalue weighted by Gasteiger charge is 2.22. The lowest BCUT2D eigenvalue weighted by molar-refractivity contribution is -0.129. The second kappa shape index (κ2) is 7.66. The fourth-order valence-corrected chi connectivity index (χ4v) is 3.26. The number of thiophene rings is 1. The van der Waals surface area contributed by atoms with Gasteiger partial charge < -0.3 is 10.1 Å². The van der Waals surface area contributed by atoms with Crippen LogP contribution in [0.1, 0.15) is 31.1 Å². The fourth-order valence-electron chi connectivity index (χ4n) is 2.57. The minimum absolute atomic E-state index is 0.0177. The molecule has 0 aliphatic rings. The molecule has 1 N–H and O–H groups in total. The first kappa shape index (κ1) is 18.1. The van der Waals surface area contributed by atoms with Crippen molar-refractivity contribution in [2.75, 3.05) is 0 Å². The minimum Gasteiger partial charge on any atom is -0.449 e. The Morgan fingerprint density at radius 3 is 2.58 bits per heavy atom. The first-order valence-corrected chi connectivity index (χ1v) is 9.28. The Labute approximate surface area is 156 Å². The smallest absolute Gasteiger partial charge is 0.339 e. The molecule has 0 saturated carbocycles. The van der Waals surface area contributed by atoms with E-state index in [2.05, 4.69) is 10.3 Å². The monoisotopic (exact) mass is 368 g/mol. The highest BCUT2D eigenvalue weighted by Crippen LogP contribution is 2.28. The molecule has 2 heterocycles. The van der Waals surface area contributed by atoms with E-state index in [1.54, 1.807) is 24.3 Å². The maximum atomic E-state index is 12.8. The highest BCUT2D eigenvalue weighted by atomic mass is 32.1. The molecule has 6 heteroatoms. The van der Waals surface area contributed by atoms with E-state index in [-0.39, 0.29) is 11.9 Å². The van der Waals surface area contributed by atoms with Crippen LogP contribution in [0.4, 0.5) is 0 Å². The lowest BCUT2D eigenvalue weighted by Crippen LogP contribution is -2.39. The molecule has 26 heavy (non-hydrogen) atoms. The molecule has 1 aromatic carbocycles. The molecule has 5 nitrogen and oxygen atoms in total. The third-order valence-electron chi connectivity index (χ3n) is 3.79. The number of nitrogens with zero attached hydrogens (tertiary/aromatic N) is 1. The summed E-state index contributed by atoms with van der Waals surface area (Å²) < 4.78 is 5.40. The number of esters is 1. The second-order valence-corrected chi connectivity index (χ2v) is 7.21. The number of ether oxygens (including phenoxy) is 1. The number of carbonyl (C=O) groups is 2. The zero-order chi connectivity index (χ0) is 18.7. The summed E-state index contributed by atoms with van der Waals surface area (Å²) in [5.41, 5.74) is 1.83. The van der Waals surface area contributed by atoms with E-state index >= 15 is 0 Å². The van der Waals surface area contributed by atoms with E-state index in [0.29, 0.717) is 22.2 Å². The molecule has 134 valence electrons. The van der Waals surface area contributed by atoms with Crippen LogP contribution >= 0.6 is 11.3 Å². The lowest BCUT2D eigenvalue weighted by Gasteiger charge is -2.16. The van der Waals surface area contributed by atoms with E-state index in [0.717, 1.165) is 4.88 Å². The average Bonchev–Trinajstić information content (AvgIpc) is 3.14. The molecule has 0 radical (unpaired) electrons. The normalized spacial score (nSPS) is 12.2. The Morgan fingerprint density at radius 2 is 1.88 bits per heavy atom. The quantitative estimate of drug-likeness (QED) is 0.690. The van der Waals surface area contributed by atoms with Crippen LogP contribution in [0.25, 0.3) is 21.5 Å². The number of fused-ring (bicyclic) bond motifs is 1. The molecule has 0 bridgehead atoms. The Bertz CT molecular complexity index is 935. The Morgan fingerprint density at radius 1 is 1.12 bits per heavy atom. The summed E-state index contributed by atoms with van der Waals surface area (Å²) >= 11 is 1.55. The van der Waals surface area contributed by atoms with Crippen LogP contribution in [-0.4, -0.2) is 29.0 Å². The maximum Gasteiger partial charge on any atom is 0.339 e. The van der Waals surface area contributed by atoms with Crippen molar-refractivity contribution in [1.29, 1.82) is 0 Å². The molecule has 2 aromatic heterocycles. The van der Waals surface area contributed by atoms with Gasteiger partial charge in [0.25, 0.3) is 5.91 Å². The van der Waals surface area contributed by atoms with E-state index < -0.39 is 12.1 Å². The molecule has 1 atom stereocenters. The average molecular weight is 368 g/mol. The number of nitrogens with one attached hydrogen (secondary N) is 1. The molecular weight excluding hydrogens is 348 g/mol. The van der Waals surface area contributed by atoms with Crippen LogP contribution in [0.2, 0.25) is 0 Å². The van der Waals surface area contributed by atoms with E-state index in [1.807, 2.05) is 55.6 Å². The number of aromatic nitrogens is 1. The molecule has 0 saturated heterocycles. The molecule has 3 rings (SSSR count). The van der Waals surface area contributed by atoms with Crippen molar-refractivity contribution in [2.24, 2.45) is 0 Å². The van der Waals surface area contributed by atoms with Crippen molar-refractivity contribution in [3.8, 4) is 10.6 Å². The maximum absolute atomic E-state index is 12.8. The number of carbonyl (C=O) groups excluding carboxylic acids is 2. The number of hydrogen-bond acceptors (Lipinski definition) is 5. The summed E-state index contributed by atoms with van der Waals surface area (Å²) in [7, 11) is 0. The van der Waals surface area contributed by atoms with Gasteiger partial charge in [0.2, 0.25) is 0 Å². The number of para-hydroxylation sites is 1. The first-order chi connectivity index (χ1) is 12.5. The van der Waals surface area contributed by atoms with E-state index in [4.69, 9.17) is 4.74 Å². The van der Waals surface area contributed by atoms with Crippen LogP contribution in [0.5, 0.6) is 0 Å². The van der Waals surface area contributed by atoms with Gasteiger partial charge in [-0.1, -0.05) is 24.3 Å². The predicted molar refractivity (Wildman–Crippen MR) is 103 cm³/mol. The predicted octanol–water partition coefficient (Wildman–Crippen LogP) is 4.03. The van der Waals surface area contributed by atoms with Crippen LogP contribution in [-0.2, 0) is 9.53 Å². The lowest BCUT2D eigenvalue weighted by atomic mass is 10.1.